The van der Waals surface area contributed by atoms with Crippen molar-refractivity contribution in [3.8, 4) is 5.75 Å². The third kappa shape index (κ3) is 5.96. The molecule has 31 heavy (non-hydrogen) atoms. The number of carbonyl (C=O) groups is 2. The topological polar surface area (TPSA) is 102 Å². The zero-order valence-corrected chi connectivity index (χ0v) is 18.5. The number of amides is 2. The molecular formula is C22H29N3O5S. The molecule has 0 bridgehead atoms. The average molecular weight is 448 g/mol. The molecule has 1 aromatic carbocycles. The quantitative estimate of drug-likeness (QED) is 0.555. The highest BCUT2D eigenvalue weighted by atomic mass is 32.1. The fourth-order valence-corrected chi connectivity index (χ4v) is 4.40. The highest BCUT2D eigenvalue weighted by Gasteiger charge is 2.35. The SMILES string of the molecule is COc1cccc(N2CCN(C(=O)[C@H](O)[C@@H](O)C(=O)N[C@H](C)Cc3cccs3)CC2)c1. The highest BCUT2D eigenvalue weighted by molar-refractivity contribution is 7.09. The molecule has 8 nitrogen and oxygen atoms in total. The van der Waals surface area contributed by atoms with Gasteiger partial charge in [0.2, 0.25) is 0 Å². The number of hydrogen-bond acceptors (Lipinski definition) is 7. The summed E-state index contributed by atoms with van der Waals surface area (Å²) in [4.78, 5) is 29.6. The van der Waals surface area contributed by atoms with E-state index in [-0.39, 0.29) is 6.04 Å². The molecule has 0 spiro atoms. The molecule has 0 radical (unpaired) electrons. The Morgan fingerprint density at radius 2 is 1.87 bits per heavy atom. The van der Waals surface area contributed by atoms with E-state index in [1.54, 1.807) is 18.4 Å². The third-order valence-corrected chi connectivity index (χ3v) is 6.21. The van der Waals surface area contributed by atoms with E-state index in [0.29, 0.717) is 32.6 Å². The van der Waals surface area contributed by atoms with Crippen molar-refractivity contribution in [2.45, 2.75) is 31.6 Å². The van der Waals surface area contributed by atoms with Crippen molar-refractivity contribution >= 4 is 28.8 Å². The smallest absolute Gasteiger partial charge is 0.254 e. The molecule has 3 N–H and O–H groups in total. The van der Waals surface area contributed by atoms with Crippen molar-refractivity contribution in [1.82, 2.24) is 10.2 Å². The second kappa shape index (κ2) is 10.6. The van der Waals surface area contributed by atoms with E-state index >= 15 is 0 Å². The summed E-state index contributed by atoms with van der Waals surface area (Å²) in [5.74, 6) is -0.632. The number of carbonyl (C=O) groups excluding carboxylic acids is 2. The van der Waals surface area contributed by atoms with Gasteiger partial charge in [-0.05, 0) is 30.5 Å². The lowest BCUT2D eigenvalue weighted by Crippen LogP contribution is -2.56. The van der Waals surface area contributed by atoms with E-state index < -0.39 is 24.0 Å². The number of aliphatic hydroxyl groups is 2. The van der Waals surface area contributed by atoms with Crippen molar-refractivity contribution in [3.63, 3.8) is 0 Å². The maximum Gasteiger partial charge on any atom is 0.254 e. The molecular weight excluding hydrogens is 418 g/mol. The second-order valence-corrected chi connectivity index (χ2v) is 8.63. The third-order valence-electron chi connectivity index (χ3n) is 5.31. The van der Waals surface area contributed by atoms with Crippen molar-refractivity contribution in [2.75, 3.05) is 38.2 Å². The Kier molecular flexibility index (Phi) is 7.89. The van der Waals surface area contributed by atoms with E-state index in [1.165, 1.54) is 4.90 Å². The molecule has 1 saturated heterocycles. The number of ether oxygens (including phenoxy) is 1. The van der Waals surface area contributed by atoms with Crippen LogP contribution in [0.5, 0.6) is 5.75 Å². The lowest BCUT2D eigenvalue weighted by atomic mass is 10.1. The number of anilines is 1. The molecule has 2 heterocycles. The number of nitrogens with one attached hydrogen (secondary N) is 1. The van der Waals surface area contributed by atoms with Gasteiger partial charge in [-0.1, -0.05) is 12.1 Å². The van der Waals surface area contributed by atoms with Gasteiger partial charge in [-0.25, -0.2) is 0 Å². The van der Waals surface area contributed by atoms with E-state index in [2.05, 4.69) is 10.2 Å². The molecule has 168 valence electrons. The fourth-order valence-electron chi connectivity index (χ4n) is 3.57. The molecule has 3 atom stereocenters. The predicted molar refractivity (Wildman–Crippen MR) is 119 cm³/mol. The lowest BCUT2D eigenvalue weighted by molar-refractivity contribution is -0.153. The van der Waals surface area contributed by atoms with Gasteiger partial charge < -0.3 is 30.1 Å². The number of rotatable bonds is 8. The normalized spacial score (nSPS) is 17.0. The van der Waals surface area contributed by atoms with Gasteiger partial charge in [0.1, 0.15) is 5.75 Å². The predicted octanol–water partition coefficient (Wildman–Crippen LogP) is 0.875. The molecule has 1 aliphatic heterocycles. The van der Waals surface area contributed by atoms with Gasteiger partial charge in [-0.15, -0.1) is 11.3 Å². The summed E-state index contributed by atoms with van der Waals surface area (Å²) in [5, 5.41) is 25.1. The van der Waals surface area contributed by atoms with Crippen LogP contribution in [0.2, 0.25) is 0 Å². The minimum absolute atomic E-state index is 0.227. The van der Waals surface area contributed by atoms with E-state index in [1.807, 2.05) is 48.7 Å². The van der Waals surface area contributed by atoms with Crippen LogP contribution in [0.25, 0.3) is 0 Å². The Morgan fingerprint density at radius 3 is 2.52 bits per heavy atom. The first-order valence-corrected chi connectivity index (χ1v) is 11.1. The van der Waals surface area contributed by atoms with Crippen LogP contribution >= 0.6 is 11.3 Å². The molecule has 2 amide bonds. The summed E-state index contributed by atoms with van der Waals surface area (Å²) in [6.45, 7) is 3.74. The van der Waals surface area contributed by atoms with Crippen LogP contribution in [0.3, 0.4) is 0 Å². The zero-order chi connectivity index (χ0) is 22.4. The van der Waals surface area contributed by atoms with Crippen LogP contribution in [-0.2, 0) is 16.0 Å². The maximum atomic E-state index is 12.6. The number of aliphatic hydroxyl groups excluding tert-OH is 2. The summed E-state index contributed by atoms with van der Waals surface area (Å²) >= 11 is 1.58. The molecule has 2 aromatic rings. The van der Waals surface area contributed by atoms with Gasteiger partial charge in [0.05, 0.1) is 7.11 Å². The number of hydrogen-bond donors (Lipinski definition) is 3. The standard InChI is InChI=1S/C22H29N3O5S/c1-15(13-18-7-4-12-31-18)23-21(28)19(26)20(27)22(29)25-10-8-24(9-11-25)16-5-3-6-17(14-16)30-2/h3-7,12,14-15,19-20,26-27H,8-11,13H2,1-2H3,(H,23,28)/t15-,19-,20-/m1/s1. The monoisotopic (exact) mass is 447 g/mol. The van der Waals surface area contributed by atoms with Gasteiger partial charge >= 0.3 is 0 Å². The molecule has 0 aliphatic carbocycles. The van der Waals surface area contributed by atoms with Gasteiger partial charge in [0, 0.05) is 55.3 Å². The van der Waals surface area contributed by atoms with Crippen LogP contribution in [-0.4, -0.2) is 78.5 Å². The average Bonchev–Trinajstić information content (AvgIpc) is 3.30. The van der Waals surface area contributed by atoms with Crippen LogP contribution in [0.15, 0.2) is 41.8 Å². The summed E-state index contributed by atoms with van der Waals surface area (Å²) < 4.78 is 5.25. The molecule has 1 aliphatic rings. The molecule has 3 rings (SSSR count). The van der Waals surface area contributed by atoms with Crippen LogP contribution in [0.1, 0.15) is 11.8 Å². The molecule has 0 unspecified atom stereocenters. The molecule has 1 fully saturated rings. The maximum absolute atomic E-state index is 12.6. The summed E-state index contributed by atoms with van der Waals surface area (Å²) in [6, 6.07) is 11.3. The van der Waals surface area contributed by atoms with Gasteiger partial charge in [-0.2, -0.15) is 0 Å². The van der Waals surface area contributed by atoms with Crippen LogP contribution in [0.4, 0.5) is 5.69 Å². The second-order valence-electron chi connectivity index (χ2n) is 7.60. The Hall–Kier alpha value is -2.62. The lowest BCUT2D eigenvalue weighted by Gasteiger charge is -2.37. The number of piperazine rings is 1. The summed E-state index contributed by atoms with van der Waals surface area (Å²) in [7, 11) is 1.61. The van der Waals surface area contributed by atoms with Crippen molar-refractivity contribution < 1.29 is 24.5 Å². The Bertz CT molecular complexity index is 868. The molecule has 9 heteroatoms. The Balaban J connectivity index is 1.49. The number of benzene rings is 1. The minimum atomic E-state index is -1.81. The Morgan fingerprint density at radius 1 is 1.13 bits per heavy atom. The fraction of sp³-hybridized carbons (Fsp3) is 0.455. The molecule has 1 aromatic heterocycles. The first-order chi connectivity index (χ1) is 14.9. The van der Waals surface area contributed by atoms with Crippen molar-refractivity contribution in [1.29, 1.82) is 0 Å². The first kappa shape index (κ1) is 23.1. The number of thiophene rings is 1. The first-order valence-electron chi connectivity index (χ1n) is 10.3. The van der Waals surface area contributed by atoms with Crippen molar-refractivity contribution in [2.24, 2.45) is 0 Å². The van der Waals surface area contributed by atoms with Gasteiger partial charge in [0.15, 0.2) is 12.2 Å². The van der Waals surface area contributed by atoms with Crippen LogP contribution < -0.4 is 15.0 Å². The number of methoxy groups -OCH3 is 1. The van der Waals surface area contributed by atoms with Crippen molar-refractivity contribution in [3.05, 3.63) is 46.7 Å². The van der Waals surface area contributed by atoms with E-state index in [0.717, 1.165) is 16.3 Å². The number of nitrogens with zero attached hydrogens (tertiary/aromatic N) is 2. The van der Waals surface area contributed by atoms with Gasteiger partial charge in [-0.3, -0.25) is 9.59 Å². The Labute approximate surface area is 186 Å². The van der Waals surface area contributed by atoms with Crippen LogP contribution in [0, 0.1) is 0 Å². The highest BCUT2D eigenvalue weighted by Crippen LogP contribution is 2.22. The molecule has 0 saturated carbocycles. The minimum Gasteiger partial charge on any atom is -0.497 e. The zero-order valence-electron chi connectivity index (χ0n) is 17.7. The van der Waals surface area contributed by atoms with Gasteiger partial charge in [0.25, 0.3) is 11.8 Å². The van der Waals surface area contributed by atoms with E-state index in [4.69, 9.17) is 4.74 Å². The largest absolute Gasteiger partial charge is 0.497 e. The van der Waals surface area contributed by atoms with E-state index in [9.17, 15) is 19.8 Å². The summed E-state index contributed by atoms with van der Waals surface area (Å²) in [5.41, 5.74) is 0.992. The summed E-state index contributed by atoms with van der Waals surface area (Å²) in [6.07, 6.45) is -2.99.